The predicted molar refractivity (Wildman–Crippen MR) is 130 cm³/mol. The Labute approximate surface area is 201 Å². The standard InChI is InChI=1S/C23H23ClN10/c1-26-19-10-28-22-21(29-15-4-5-15)31-23(32-34(19)22)30-16-7-13(9-25)8-18(20(16)24)33-11-14-3-2-6-27-17(14)12-33/h7-8,10,14-15,17,27H,2-6,11-12H2,(H2,29,30,31,32)/t14-,17+/m0/s1. The van der Waals surface area contributed by atoms with E-state index in [2.05, 4.69) is 46.8 Å². The highest BCUT2D eigenvalue weighted by atomic mass is 35.5. The molecule has 4 heterocycles. The molecule has 2 aliphatic heterocycles. The molecule has 172 valence electrons. The van der Waals surface area contributed by atoms with Gasteiger partial charge in [-0.3, -0.25) is 0 Å². The molecule has 34 heavy (non-hydrogen) atoms. The average Bonchev–Trinajstić information content (AvgIpc) is 3.40. The molecule has 3 aromatic rings. The van der Waals surface area contributed by atoms with Gasteiger partial charge in [0.05, 0.1) is 34.2 Å². The Bertz CT molecular complexity index is 1330. The summed E-state index contributed by atoms with van der Waals surface area (Å²) in [7, 11) is 0. The lowest BCUT2D eigenvalue weighted by Gasteiger charge is -2.24. The summed E-state index contributed by atoms with van der Waals surface area (Å²) in [6.45, 7) is 10.3. The van der Waals surface area contributed by atoms with Gasteiger partial charge in [-0.05, 0) is 50.3 Å². The van der Waals surface area contributed by atoms with Crippen molar-refractivity contribution in [2.45, 2.75) is 37.8 Å². The summed E-state index contributed by atoms with van der Waals surface area (Å²) in [4.78, 5) is 14.7. The van der Waals surface area contributed by atoms with Crippen LogP contribution in [0.2, 0.25) is 5.02 Å². The smallest absolute Gasteiger partial charge is 0.275 e. The Hall–Kier alpha value is -3.60. The third-order valence-corrected chi connectivity index (χ3v) is 7.14. The number of hydrogen-bond acceptors (Lipinski definition) is 8. The van der Waals surface area contributed by atoms with E-state index in [0.717, 1.165) is 38.2 Å². The molecule has 2 atom stereocenters. The van der Waals surface area contributed by atoms with E-state index >= 15 is 0 Å². The van der Waals surface area contributed by atoms with Crippen molar-refractivity contribution in [1.29, 1.82) is 5.26 Å². The number of nitrogens with one attached hydrogen (secondary N) is 3. The number of fused-ring (bicyclic) bond motifs is 2. The lowest BCUT2D eigenvalue weighted by molar-refractivity contribution is 0.340. The fraction of sp³-hybridized carbons (Fsp3) is 0.435. The van der Waals surface area contributed by atoms with E-state index in [1.54, 1.807) is 6.07 Å². The predicted octanol–water partition coefficient (Wildman–Crippen LogP) is 3.71. The number of imidazole rings is 1. The molecule has 3 N–H and O–H groups in total. The minimum atomic E-state index is 0.276. The van der Waals surface area contributed by atoms with E-state index in [0.29, 0.717) is 51.6 Å². The van der Waals surface area contributed by atoms with Gasteiger partial charge < -0.3 is 25.7 Å². The fourth-order valence-corrected chi connectivity index (χ4v) is 5.15. The minimum Gasteiger partial charge on any atom is -0.368 e. The quantitative estimate of drug-likeness (QED) is 0.480. The monoisotopic (exact) mass is 474 g/mol. The van der Waals surface area contributed by atoms with Crippen LogP contribution in [0.4, 0.5) is 29.0 Å². The van der Waals surface area contributed by atoms with Crippen molar-refractivity contribution >= 4 is 46.2 Å². The zero-order chi connectivity index (χ0) is 23.2. The van der Waals surface area contributed by atoms with Crippen molar-refractivity contribution in [3.63, 3.8) is 0 Å². The summed E-state index contributed by atoms with van der Waals surface area (Å²) in [5.41, 5.74) is 2.40. The highest BCUT2D eigenvalue weighted by Gasteiger charge is 2.35. The molecule has 10 nitrogen and oxygen atoms in total. The summed E-state index contributed by atoms with van der Waals surface area (Å²) in [5, 5.41) is 24.9. The summed E-state index contributed by atoms with van der Waals surface area (Å²) in [6.07, 6.45) is 6.02. The molecule has 0 amide bonds. The van der Waals surface area contributed by atoms with Crippen molar-refractivity contribution in [2.24, 2.45) is 5.92 Å². The molecule has 1 aromatic carbocycles. The first kappa shape index (κ1) is 21.0. The third-order valence-electron chi connectivity index (χ3n) is 6.75. The molecule has 1 saturated carbocycles. The topological polar surface area (TPSA) is 111 Å². The number of nitriles is 1. The molecule has 6 rings (SSSR count). The number of aromatic nitrogens is 4. The maximum Gasteiger partial charge on any atom is 0.275 e. The second-order valence-electron chi connectivity index (χ2n) is 9.13. The molecule has 3 fully saturated rings. The number of nitrogens with zero attached hydrogens (tertiary/aromatic N) is 7. The molecule has 1 aliphatic carbocycles. The number of halogens is 1. The van der Waals surface area contributed by atoms with Crippen molar-refractivity contribution in [1.82, 2.24) is 24.9 Å². The zero-order valence-corrected chi connectivity index (χ0v) is 19.2. The van der Waals surface area contributed by atoms with Gasteiger partial charge in [-0.2, -0.15) is 10.2 Å². The van der Waals surface area contributed by atoms with Crippen molar-refractivity contribution in [3.05, 3.63) is 40.3 Å². The molecule has 0 bridgehead atoms. The molecule has 2 saturated heterocycles. The zero-order valence-electron chi connectivity index (χ0n) is 18.4. The Balaban J connectivity index is 1.37. The van der Waals surface area contributed by atoms with Gasteiger partial charge in [0.1, 0.15) is 0 Å². The van der Waals surface area contributed by atoms with Crippen LogP contribution >= 0.6 is 11.6 Å². The van der Waals surface area contributed by atoms with Crippen LogP contribution < -0.4 is 20.9 Å². The maximum absolute atomic E-state index is 9.69. The number of rotatable bonds is 5. The van der Waals surface area contributed by atoms with Gasteiger partial charge in [0.2, 0.25) is 0 Å². The maximum atomic E-state index is 9.69. The van der Waals surface area contributed by atoms with Crippen LogP contribution in [0.15, 0.2) is 18.3 Å². The number of piperidine rings is 1. The summed E-state index contributed by atoms with van der Waals surface area (Å²) in [6, 6.07) is 6.60. The summed E-state index contributed by atoms with van der Waals surface area (Å²) >= 11 is 6.88. The van der Waals surface area contributed by atoms with Crippen molar-refractivity contribution < 1.29 is 0 Å². The number of anilines is 4. The molecule has 11 heteroatoms. The van der Waals surface area contributed by atoms with Gasteiger partial charge in [0.15, 0.2) is 5.82 Å². The van der Waals surface area contributed by atoms with E-state index < -0.39 is 0 Å². The first-order valence-corrected chi connectivity index (χ1v) is 11.9. The van der Waals surface area contributed by atoms with Crippen molar-refractivity contribution in [2.75, 3.05) is 35.2 Å². The molecule has 3 aliphatic rings. The summed E-state index contributed by atoms with van der Waals surface area (Å²) < 4.78 is 1.48. The Morgan fingerprint density at radius 3 is 2.91 bits per heavy atom. The summed E-state index contributed by atoms with van der Waals surface area (Å²) in [5.74, 6) is 1.72. The minimum absolute atomic E-state index is 0.276. The van der Waals surface area contributed by atoms with Crippen LogP contribution in [0.25, 0.3) is 10.5 Å². The number of benzene rings is 1. The first-order valence-electron chi connectivity index (χ1n) is 11.5. The molecule has 0 spiro atoms. The van der Waals surface area contributed by atoms with E-state index in [9.17, 15) is 5.26 Å². The van der Waals surface area contributed by atoms with Crippen molar-refractivity contribution in [3.8, 4) is 6.07 Å². The highest BCUT2D eigenvalue weighted by molar-refractivity contribution is 6.36. The fourth-order valence-electron chi connectivity index (χ4n) is 4.88. The molecule has 0 radical (unpaired) electrons. The van der Waals surface area contributed by atoms with Gasteiger partial charge in [-0.25, -0.2) is 4.98 Å². The largest absolute Gasteiger partial charge is 0.368 e. The van der Waals surface area contributed by atoms with Gasteiger partial charge in [-0.15, -0.1) is 4.52 Å². The Morgan fingerprint density at radius 2 is 2.15 bits per heavy atom. The number of hydrogen-bond donors (Lipinski definition) is 3. The lowest BCUT2D eigenvalue weighted by Crippen LogP contribution is -2.40. The van der Waals surface area contributed by atoms with Crippen LogP contribution in [-0.2, 0) is 0 Å². The Kier molecular flexibility index (Phi) is 5.13. The Morgan fingerprint density at radius 1 is 1.26 bits per heavy atom. The second kappa shape index (κ2) is 8.32. The molecular weight excluding hydrogens is 452 g/mol. The van der Waals surface area contributed by atoms with Gasteiger partial charge >= 0.3 is 0 Å². The normalized spacial score (nSPS) is 21.7. The molecular formula is C23H23ClN10. The van der Waals surface area contributed by atoms with Crippen LogP contribution in [-0.4, -0.2) is 51.3 Å². The SMILES string of the molecule is [C-]#[N+]c1cnc2c(NC3CC3)nc(Nc3cc(C#N)cc(N4C[C@@H]5CCCN[C@@H]5C4)c3Cl)nn12. The van der Waals surface area contributed by atoms with Gasteiger partial charge in [0, 0.05) is 25.2 Å². The highest BCUT2D eigenvalue weighted by Crippen LogP contribution is 2.39. The average molecular weight is 475 g/mol. The van der Waals surface area contributed by atoms with Gasteiger partial charge in [-0.1, -0.05) is 23.3 Å². The van der Waals surface area contributed by atoms with Crippen LogP contribution in [0.1, 0.15) is 31.2 Å². The molecule has 0 unspecified atom stereocenters. The first-order chi connectivity index (χ1) is 16.6. The van der Waals surface area contributed by atoms with Crippen LogP contribution in [0.3, 0.4) is 0 Å². The van der Waals surface area contributed by atoms with Crippen LogP contribution in [0, 0.1) is 23.8 Å². The third kappa shape index (κ3) is 3.75. The van der Waals surface area contributed by atoms with E-state index in [1.165, 1.54) is 23.6 Å². The van der Waals surface area contributed by atoms with E-state index in [1.807, 2.05) is 6.07 Å². The lowest BCUT2D eigenvalue weighted by atomic mass is 9.94. The second-order valence-corrected chi connectivity index (χ2v) is 9.51. The molecule has 2 aromatic heterocycles. The van der Waals surface area contributed by atoms with Gasteiger partial charge in [0.25, 0.3) is 17.4 Å². The van der Waals surface area contributed by atoms with E-state index in [4.69, 9.17) is 18.2 Å². The van der Waals surface area contributed by atoms with Crippen LogP contribution in [0.5, 0.6) is 0 Å². The van der Waals surface area contributed by atoms with E-state index in [-0.39, 0.29) is 5.95 Å².